The fourth-order valence-corrected chi connectivity index (χ4v) is 7.54. The number of nitrogens with zero attached hydrogens (tertiary/aromatic N) is 8. The van der Waals surface area contributed by atoms with Crippen LogP contribution in [0.4, 0.5) is 21.5 Å². The van der Waals surface area contributed by atoms with Crippen LogP contribution in [0.2, 0.25) is 0 Å². The van der Waals surface area contributed by atoms with E-state index >= 15 is 0 Å². The molecule has 0 N–H and O–H groups in total. The third kappa shape index (κ3) is 5.89. The fourth-order valence-electron chi connectivity index (χ4n) is 7.54. The minimum atomic E-state index is -0.337. The van der Waals surface area contributed by atoms with Gasteiger partial charge in [0.25, 0.3) is 0 Å². The summed E-state index contributed by atoms with van der Waals surface area (Å²) in [6, 6.07) is 7.84. The second-order valence-corrected chi connectivity index (χ2v) is 12.6. The molecule has 0 aliphatic carbocycles. The first-order valence-corrected chi connectivity index (χ1v) is 15.9. The van der Waals surface area contributed by atoms with E-state index in [1.165, 1.54) is 6.08 Å². The van der Waals surface area contributed by atoms with Gasteiger partial charge in [0.15, 0.2) is 0 Å². The van der Waals surface area contributed by atoms with Crippen molar-refractivity contribution in [1.82, 2.24) is 14.8 Å². The van der Waals surface area contributed by atoms with Crippen molar-refractivity contribution in [3.63, 3.8) is 0 Å². The summed E-state index contributed by atoms with van der Waals surface area (Å²) in [5, 5.41) is 20.1. The molecule has 2 fully saturated rings. The highest BCUT2D eigenvalue weighted by Gasteiger charge is 2.36. The maximum Gasteiger partial charge on any atom is 0.246 e. The highest BCUT2D eigenvalue weighted by Crippen LogP contribution is 2.42. The number of ether oxygens (including phenoxy) is 1. The van der Waals surface area contributed by atoms with Crippen molar-refractivity contribution in [2.24, 2.45) is 0 Å². The molecule has 1 amide bonds. The maximum atomic E-state index is 14.9. The van der Waals surface area contributed by atoms with Gasteiger partial charge in [-0.2, -0.15) is 10.5 Å². The van der Waals surface area contributed by atoms with Gasteiger partial charge in [-0.3, -0.25) is 4.79 Å². The van der Waals surface area contributed by atoms with Gasteiger partial charge in [-0.25, -0.2) is 9.37 Å². The summed E-state index contributed by atoms with van der Waals surface area (Å²) in [7, 11) is 4.15. The second-order valence-electron chi connectivity index (χ2n) is 12.6. The molecule has 2 atom stereocenters. The summed E-state index contributed by atoms with van der Waals surface area (Å²) in [5.41, 5.74) is 5.93. The Balaban J connectivity index is 1.40. The van der Waals surface area contributed by atoms with E-state index in [9.17, 15) is 19.7 Å². The summed E-state index contributed by atoms with van der Waals surface area (Å²) in [6.07, 6.45) is 6.05. The number of pyridine rings is 1. The molecular weight excluding hydrogens is 571 g/mol. The highest BCUT2D eigenvalue weighted by atomic mass is 19.1. The van der Waals surface area contributed by atoms with E-state index in [-0.39, 0.29) is 30.2 Å². The third-order valence-corrected chi connectivity index (χ3v) is 9.87. The summed E-state index contributed by atoms with van der Waals surface area (Å²) in [4.78, 5) is 28.1. The lowest BCUT2D eigenvalue weighted by molar-refractivity contribution is -0.128. The number of nitriles is 2. The predicted molar refractivity (Wildman–Crippen MR) is 171 cm³/mol. The van der Waals surface area contributed by atoms with E-state index in [2.05, 4.69) is 52.4 Å². The molecule has 2 saturated heterocycles. The van der Waals surface area contributed by atoms with Crippen molar-refractivity contribution in [3.05, 3.63) is 53.0 Å². The number of likely N-dealkylation sites (tertiary alicyclic amines) is 1. The molecular formula is C34H41FN8O2. The number of aromatic nitrogens is 1. The van der Waals surface area contributed by atoms with Crippen molar-refractivity contribution in [2.75, 3.05) is 74.7 Å². The second kappa shape index (κ2) is 12.9. The number of aryl methyl sites for hydroxylation is 1. The highest BCUT2D eigenvalue weighted by molar-refractivity contribution is 5.87. The molecule has 2 aromatic rings. The number of piperazine rings is 1. The normalized spacial score (nSPS) is 21.5. The van der Waals surface area contributed by atoms with Crippen LogP contribution < -0.4 is 19.4 Å². The van der Waals surface area contributed by atoms with Crippen LogP contribution in [0.15, 0.2) is 24.8 Å². The van der Waals surface area contributed by atoms with Gasteiger partial charge in [0.2, 0.25) is 11.8 Å². The first kappa shape index (κ1) is 30.7. The van der Waals surface area contributed by atoms with E-state index in [0.29, 0.717) is 57.2 Å². The van der Waals surface area contributed by atoms with Crippen LogP contribution in [0, 0.1) is 28.5 Å². The molecule has 4 aliphatic heterocycles. The van der Waals surface area contributed by atoms with Crippen LogP contribution in [0.1, 0.15) is 48.1 Å². The van der Waals surface area contributed by atoms with E-state index in [1.54, 1.807) is 17.0 Å². The van der Waals surface area contributed by atoms with Crippen molar-refractivity contribution in [2.45, 2.75) is 57.2 Å². The molecule has 0 unspecified atom stereocenters. The van der Waals surface area contributed by atoms with Crippen LogP contribution in [0.25, 0.3) is 0 Å². The van der Waals surface area contributed by atoms with E-state index in [0.717, 1.165) is 72.7 Å². The van der Waals surface area contributed by atoms with Crippen LogP contribution in [0.5, 0.6) is 5.88 Å². The SMILES string of the molecule is C=CC(=O)N1CCN(c2c(C#N)c(OC[C@@H]3CCCN3C)nc3c2CCN(c2cc(F)cc4c2N(C)CCC4)C3)C[C@@H]1CC#N. The molecule has 0 radical (unpaired) electrons. The van der Waals surface area contributed by atoms with E-state index in [1.807, 2.05) is 0 Å². The lowest BCUT2D eigenvalue weighted by Crippen LogP contribution is -2.55. The van der Waals surface area contributed by atoms with Gasteiger partial charge in [0, 0.05) is 51.4 Å². The van der Waals surface area contributed by atoms with Gasteiger partial charge in [-0.1, -0.05) is 6.58 Å². The number of fused-ring (bicyclic) bond motifs is 2. The largest absolute Gasteiger partial charge is 0.475 e. The molecule has 0 saturated carbocycles. The lowest BCUT2D eigenvalue weighted by atomic mass is 9.95. The number of carbonyl (C=O) groups excluding carboxylic acids is 1. The van der Waals surface area contributed by atoms with Gasteiger partial charge < -0.3 is 29.2 Å². The number of halogens is 1. The summed E-state index contributed by atoms with van der Waals surface area (Å²) in [5.74, 6) is -0.123. The molecule has 0 bridgehead atoms. The monoisotopic (exact) mass is 612 g/mol. The van der Waals surface area contributed by atoms with Gasteiger partial charge in [-0.05, 0) is 69.5 Å². The van der Waals surface area contributed by atoms with Crippen LogP contribution in [-0.4, -0.2) is 92.7 Å². The molecule has 236 valence electrons. The molecule has 6 rings (SSSR count). The van der Waals surface area contributed by atoms with Crippen LogP contribution in [-0.2, 0) is 24.2 Å². The summed E-state index contributed by atoms with van der Waals surface area (Å²) < 4.78 is 21.3. The van der Waals surface area contributed by atoms with Gasteiger partial charge >= 0.3 is 0 Å². The summed E-state index contributed by atoms with van der Waals surface area (Å²) in [6.45, 7) is 8.42. The number of hydrogen-bond donors (Lipinski definition) is 0. The Morgan fingerprint density at radius 3 is 2.67 bits per heavy atom. The average Bonchev–Trinajstić information content (AvgIpc) is 3.46. The standard InChI is InChI=1S/C34H41FN8O2/c1-4-31(44)43-16-15-42(20-25(43)9-11-36)33-27-10-14-41(30-18-24(35)17-23-7-5-13-40(3)32(23)30)21-29(27)38-34(28(33)19-37)45-22-26-8-6-12-39(26)2/h4,17-18,25-26H,1,5-10,12-16,20-22H2,2-3H3/t25-,26-/m0/s1. The molecule has 4 aliphatic rings. The molecule has 11 heteroatoms. The Morgan fingerprint density at radius 2 is 1.93 bits per heavy atom. The summed E-state index contributed by atoms with van der Waals surface area (Å²) >= 11 is 0. The van der Waals surface area contributed by atoms with Gasteiger partial charge in [-0.15, -0.1) is 0 Å². The van der Waals surface area contributed by atoms with E-state index < -0.39 is 0 Å². The van der Waals surface area contributed by atoms with Crippen LogP contribution in [0.3, 0.4) is 0 Å². The number of carbonyl (C=O) groups is 1. The Kier molecular flexibility index (Phi) is 8.82. The topological polar surface area (TPSA) is 103 Å². The third-order valence-electron chi connectivity index (χ3n) is 9.87. The molecule has 10 nitrogen and oxygen atoms in total. The van der Waals surface area contributed by atoms with Crippen LogP contribution >= 0.6 is 0 Å². The number of rotatable bonds is 7. The molecule has 45 heavy (non-hydrogen) atoms. The number of anilines is 3. The molecule has 1 aromatic heterocycles. The molecule has 5 heterocycles. The van der Waals surface area contributed by atoms with Crippen molar-refractivity contribution in [3.8, 4) is 18.0 Å². The average molecular weight is 613 g/mol. The fraction of sp³-hybridized carbons (Fsp3) is 0.529. The van der Waals surface area contributed by atoms with E-state index in [4.69, 9.17) is 9.72 Å². The Labute approximate surface area is 264 Å². The first-order chi connectivity index (χ1) is 21.8. The van der Waals surface area contributed by atoms with Gasteiger partial charge in [0.1, 0.15) is 24.1 Å². The Hall–Kier alpha value is -4.35. The lowest BCUT2D eigenvalue weighted by Gasteiger charge is -2.43. The number of amides is 1. The number of likely N-dealkylation sites (N-methyl/N-ethyl adjacent to an activating group) is 1. The molecule has 0 spiro atoms. The zero-order chi connectivity index (χ0) is 31.7. The number of hydrogen-bond acceptors (Lipinski definition) is 9. The quantitative estimate of drug-likeness (QED) is 0.434. The van der Waals surface area contributed by atoms with Gasteiger partial charge in [0.05, 0.1) is 47.8 Å². The first-order valence-electron chi connectivity index (χ1n) is 15.9. The Morgan fingerprint density at radius 1 is 1.09 bits per heavy atom. The minimum Gasteiger partial charge on any atom is -0.475 e. The van der Waals surface area contributed by atoms with Crippen molar-refractivity contribution < 1.29 is 13.9 Å². The molecule has 1 aromatic carbocycles. The zero-order valence-electron chi connectivity index (χ0n) is 26.3. The van der Waals surface area contributed by atoms with Crippen molar-refractivity contribution >= 4 is 23.0 Å². The van der Waals surface area contributed by atoms with Crippen molar-refractivity contribution in [1.29, 1.82) is 10.5 Å². The number of benzene rings is 1. The smallest absolute Gasteiger partial charge is 0.246 e. The predicted octanol–water partition coefficient (Wildman–Crippen LogP) is 3.63. The minimum absolute atomic E-state index is 0.175. The maximum absolute atomic E-state index is 14.9. The Bertz CT molecular complexity index is 1560. The zero-order valence-corrected chi connectivity index (χ0v) is 26.3.